The van der Waals surface area contributed by atoms with E-state index in [0.717, 1.165) is 37.2 Å². The average molecular weight is 292 g/mol. The van der Waals surface area contributed by atoms with E-state index in [2.05, 4.69) is 9.88 Å². The molecule has 1 aromatic heterocycles. The number of aliphatic hydroxyl groups excluding tert-OH is 1. The monoisotopic (exact) mass is 292 g/mol. The van der Waals surface area contributed by atoms with E-state index in [-0.39, 0.29) is 12.6 Å². The van der Waals surface area contributed by atoms with Gasteiger partial charge >= 0.3 is 5.97 Å². The molecule has 1 aromatic rings. The first-order chi connectivity index (χ1) is 10.2. The van der Waals surface area contributed by atoms with E-state index in [0.29, 0.717) is 30.5 Å². The highest BCUT2D eigenvalue weighted by Crippen LogP contribution is 2.31. The Morgan fingerprint density at radius 2 is 2.43 bits per heavy atom. The van der Waals surface area contributed by atoms with Gasteiger partial charge in [-0.05, 0) is 24.8 Å². The molecule has 3 rings (SSSR count). The van der Waals surface area contributed by atoms with Crippen LogP contribution in [-0.4, -0.2) is 42.9 Å². The number of fused-ring (bicyclic) bond motifs is 1. The second kappa shape index (κ2) is 5.99. The Bertz CT molecular complexity index is 547. The third-order valence-corrected chi connectivity index (χ3v) is 4.20. The van der Waals surface area contributed by atoms with E-state index < -0.39 is 0 Å². The minimum Gasteiger partial charge on any atom is -0.465 e. The summed E-state index contributed by atoms with van der Waals surface area (Å²) in [4.78, 5) is 18.8. The summed E-state index contributed by atoms with van der Waals surface area (Å²) in [5.74, 6) is 0.774. The number of rotatable bonds is 4. The van der Waals surface area contributed by atoms with E-state index >= 15 is 0 Å². The lowest BCUT2D eigenvalue weighted by molar-refractivity contribution is 0.0601. The first-order valence-corrected chi connectivity index (χ1v) is 7.27. The number of hydrogen-bond acceptors (Lipinski definition) is 6. The Kier molecular flexibility index (Phi) is 4.07. The molecule has 2 aliphatic rings. The fourth-order valence-corrected chi connectivity index (χ4v) is 3.03. The third kappa shape index (κ3) is 2.73. The summed E-state index contributed by atoms with van der Waals surface area (Å²) < 4.78 is 10.3. The number of nitrogens with zero attached hydrogens (tertiary/aromatic N) is 2. The summed E-state index contributed by atoms with van der Waals surface area (Å²) in [7, 11) is 1.38. The molecular weight excluding hydrogens is 272 g/mol. The van der Waals surface area contributed by atoms with Gasteiger partial charge in [-0.3, -0.25) is 0 Å². The third-order valence-electron chi connectivity index (χ3n) is 4.20. The van der Waals surface area contributed by atoms with Gasteiger partial charge in [-0.25, -0.2) is 9.78 Å². The maximum atomic E-state index is 12.0. The highest BCUT2D eigenvalue weighted by Gasteiger charge is 2.29. The van der Waals surface area contributed by atoms with Gasteiger partial charge < -0.3 is 19.5 Å². The first kappa shape index (κ1) is 14.3. The van der Waals surface area contributed by atoms with Gasteiger partial charge in [-0.1, -0.05) is 0 Å². The minimum atomic E-state index is -0.363. The summed E-state index contributed by atoms with van der Waals surface area (Å²) >= 11 is 0. The molecule has 1 saturated heterocycles. The SMILES string of the molecule is COC(=O)c1cc2c(nc1N1CCC(CCO)C1)COC2. The number of methoxy groups -OCH3 is 1. The topological polar surface area (TPSA) is 71.9 Å². The van der Waals surface area contributed by atoms with Crippen LogP contribution in [0.25, 0.3) is 0 Å². The number of aliphatic hydroxyl groups is 1. The molecule has 0 saturated carbocycles. The van der Waals surface area contributed by atoms with Crippen molar-refractivity contribution in [1.29, 1.82) is 0 Å². The van der Waals surface area contributed by atoms with Crippen LogP contribution in [0.15, 0.2) is 6.07 Å². The zero-order valence-corrected chi connectivity index (χ0v) is 12.2. The summed E-state index contributed by atoms with van der Waals surface area (Å²) in [5, 5.41) is 9.07. The van der Waals surface area contributed by atoms with E-state index in [1.807, 2.05) is 6.07 Å². The Balaban J connectivity index is 1.91. The van der Waals surface area contributed by atoms with Gasteiger partial charge in [0.05, 0.1) is 26.0 Å². The van der Waals surface area contributed by atoms with Crippen LogP contribution < -0.4 is 4.90 Å². The molecule has 1 atom stereocenters. The molecule has 0 radical (unpaired) electrons. The zero-order chi connectivity index (χ0) is 14.8. The second-order valence-electron chi connectivity index (χ2n) is 5.56. The van der Waals surface area contributed by atoms with E-state index in [4.69, 9.17) is 14.6 Å². The molecular formula is C15H20N2O4. The molecule has 0 aliphatic carbocycles. The molecule has 3 heterocycles. The van der Waals surface area contributed by atoms with Crippen LogP contribution in [0.4, 0.5) is 5.82 Å². The number of carbonyl (C=O) groups is 1. The molecule has 0 spiro atoms. The predicted molar refractivity (Wildman–Crippen MR) is 76.1 cm³/mol. The first-order valence-electron chi connectivity index (χ1n) is 7.27. The summed E-state index contributed by atoms with van der Waals surface area (Å²) in [5.41, 5.74) is 2.37. The maximum absolute atomic E-state index is 12.0. The fourth-order valence-electron chi connectivity index (χ4n) is 3.03. The number of esters is 1. The van der Waals surface area contributed by atoms with Crippen molar-refractivity contribution in [3.63, 3.8) is 0 Å². The van der Waals surface area contributed by atoms with Crippen LogP contribution in [0.3, 0.4) is 0 Å². The quantitative estimate of drug-likeness (QED) is 0.838. The molecule has 21 heavy (non-hydrogen) atoms. The van der Waals surface area contributed by atoms with Crippen molar-refractivity contribution in [2.75, 3.05) is 31.7 Å². The van der Waals surface area contributed by atoms with E-state index in [1.54, 1.807) is 0 Å². The van der Waals surface area contributed by atoms with Crippen LogP contribution in [-0.2, 0) is 22.7 Å². The predicted octanol–water partition coefficient (Wildman–Crippen LogP) is 1.11. The summed E-state index contributed by atoms with van der Waals surface area (Å²) in [6.45, 7) is 2.86. The highest BCUT2D eigenvalue weighted by atomic mass is 16.5. The number of aromatic nitrogens is 1. The highest BCUT2D eigenvalue weighted by molar-refractivity contribution is 5.95. The number of anilines is 1. The lowest BCUT2D eigenvalue weighted by Crippen LogP contribution is -2.24. The normalized spacial score (nSPS) is 20.7. The molecule has 1 unspecified atom stereocenters. The minimum absolute atomic E-state index is 0.202. The molecule has 0 amide bonds. The Morgan fingerprint density at radius 3 is 3.19 bits per heavy atom. The van der Waals surface area contributed by atoms with Crippen LogP contribution >= 0.6 is 0 Å². The Labute approximate surface area is 123 Å². The zero-order valence-electron chi connectivity index (χ0n) is 12.2. The fraction of sp³-hybridized carbons (Fsp3) is 0.600. The van der Waals surface area contributed by atoms with Gasteiger partial charge in [0, 0.05) is 25.3 Å². The van der Waals surface area contributed by atoms with E-state index in [1.165, 1.54) is 7.11 Å². The van der Waals surface area contributed by atoms with Gasteiger partial charge in [0.1, 0.15) is 11.4 Å². The van der Waals surface area contributed by atoms with Gasteiger partial charge in [-0.15, -0.1) is 0 Å². The van der Waals surface area contributed by atoms with Crippen LogP contribution in [0.5, 0.6) is 0 Å². The Hall–Kier alpha value is -1.66. The maximum Gasteiger partial charge on any atom is 0.341 e. The van der Waals surface area contributed by atoms with Crippen molar-refractivity contribution in [1.82, 2.24) is 4.98 Å². The van der Waals surface area contributed by atoms with Crippen molar-refractivity contribution in [3.8, 4) is 0 Å². The van der Waals surface area contributed by atoms with Gasteiger partial charge in [0.25, 0.3) is 0 Å². The number of hydrogen-bond donors (Lipinski definition) is 1. The number of ether oxygens (including phenoxy) is 2. The average Bonchev–Trinajstić information content (AvgIpc) is 3.13. The number of carbonyl (C=O) groups excluding carboxylic acids is 1. The van der Waals surface area contributed by atoms with Crippen molar-refractivity contribution in [2.45, 2.75) is 26.1 Å². The smallest absolute Gasteiger partial charge is 0.341 e. The number of pyridine rings is 1. The van der Waals surface area contributed by atoms with E-state index in [9.17, 15) is 4.79 Å². The second-order valence-corrected chi connectivity index (χ2v) is 5.56. The van der Waals surface area contributed by atoms with Crippen LogP contribution in [0.2, 0.25) is 0 Å². The van der Waals surface area contributed by atoms with Crippen LogP contribution in [0.1, 0.15) is 34.5 Å². The Morgan fingerprint density at radius 1 is 1.57 bits per heavy atom. The standard InChI is InChI=1S/C15H20N2O4/c1-20-15(19)12-6-11-8-21-9-13(11)16-14(12)17-4-2-10(7-17)3-5-18/h6,10,18H,2-5,7-9H2,1H3. The van der Waals surface area contributed by atoms with Crippen molar-refractivity contribution in [3.05, 3.63) is 22.9 Å². The molecule has 6 heteroatoms. The molecule has 1 N–H and O–H groups in total. The van der Waals surface area contributed by atoms with Crippen molar-refractivity contribution in [2.24, 2.45) is 5.92 Å². The largest absolute Gasteiger partial charge is 0.465 e. The molecule has 0 aromatic carbocycles. The molecule has 2 aliphatic heterocycles. The molecule has 0 bridgehead atoms. The lowest BCUT2D eigenvalue weighted by atomic mass is 10.1. The molecule has 6 nitrogen and oxygen atoms in total. The van der Waals surface area contributed by atoms with Gasteiger partial charge in [0.2, 0.25) is 0 Å². The summed E-state index contributed by atoms with van der Waals surface area (Å²) in [6.07, 6.45) is 1.80. The van der Waals surface area contributed by atoms with Crippen LogP contribution in [0, 0.1) is 5.92 Å². The van der Waals surface area contributed by atoms with Crippen molar-refractivity contribution < 1.29 is 19.4 Å². The van der Waals surface area contributed by atoms with Gasteiger partial charge in [0.15, 0.2) is 0 Å². The molecule has 114 valence electrons. The summed E-state index contributed by atoms with van der Waals surface area (Å²) in [6, 6.07) is 1.84. The van der Waals surface area contributed by atoms with Gasteiger partial charge in [-0.2, -0.15) is 0 Å². The molecule has 1 fully saturated rings. The van der Waals surface area contributed by atoms with Crippen molar-refractivity contribution >= 4 is 11.8 Å². The lowest BCUT2D eigenvalue weighted by Gasteiger charge is -2.21.